The highest BCUT2D eigenvalue weighted by atomic mass is 32.1. The van der Waals surface area contributed by atoms with Crippen molar-refractivity contribution in [3.63, 3.8) is 0 Å². The first kappa shape index (κ1) is 26.1. The van der Waals surface area contributed by atoms with Crippen molar-refractivity contribution in [3.05, 3.63) is 60.5 Å². The summed E-state index contributed by atoms with van der Waals surface area (Å²) in [5, 5.41) is 56.3. The molecule has 0 saturated carbocycles. The Labute approximate surface area is 194 Å². The van der Waals surface area contributed by atoms with Crippen LogP contribution in [0, 0.1) is 4.64 Å². The fraction of sp³-hybridized carbons (Fsp3) is 0.556. The molecule has 0 bridgehead atoms. The lowest BCUT2D eigenvalue weighted by atomic mass is 10.1. The van der Waals surface area contributed by atoms with E-state index in [-0.39, 0.29) is 4.64 Å². The van der Waals surface area contributed by atoms with Crippen LogP contribution >= 0.6 is 12.2 Å². The van der Waals surface area contributed by atoms with Crippen molar-refractivity contribution < 1.29 is 40.1 Å². The largest absolute Gasteiger partial charge is 0.394 e. The molecule has 2 aliphatic heterocycles. The summed E-state index contributed by atoms with van der Waals surface area (Å²) in [5.41, 5.74) is -1.88. The van der Waals surface area contributed by atoms with Crippen LogP contribution in [0.15, 0.2) is 38.9 Å². The minimum atomic E-state index is -1.35. The van der Waals surface area contributed by atoms with Crippen molar-refractivity contribution in [2.75, 3.05) is 13.2 Å². The van der Waals surface area contributed by atoms with Crippen molar-refractivity contribution in [3.8, 4) is 0 Å². The van der Waals surface area contributed by atoms with Crippen molar-refractivity contribution in [1.82, 2.24) is 19.1 Å². The first-order chi connectivity index (χ1) is 16.1. The van der Waals surface area contributed by atoms with Gasteiger partial charge in [-0.2, -0.15) is 0 Å². The monoisotopic (exact) mass is 504 g/mol. The van der Waals surface area contributed by atoms with Crippen molar-refractivity contribution in [2.24, 2.45) is 0 Å². The molecule has 0 aliphatic carbocycles. The third-order valence-electron chi connectivity index (χ3n) is 5.28. The van der Waals surface area contributed by atoms with Gasteiger partial charge in [0, 0.05) is 18.5 Å². The standard InChI is InChI=1S/C9H12N2O6.C9H12N2O5S/c12-3-4-6(14)7(15)8(17-4)11-2-1-5(13)10-9(11)16;12-3-4-6(13)7(14)8(16-4)11-2-1-5(17)10-9(11)15/h1-2,4,6-8,12,14-15H,3H2,(H,10,13,16);1-2,4,6-8,12-14H,3H2,(H,10,15,17)/t2*4-,6-,7-,8-/m11/s1. The molecule has 0 amide bonds. The smallest absolute Gasteiger partial charge is 0.330 e. The molecule has 0 aromatic carbocycles. The zero-order chi connectivity index (χ0) is 25.2. The van der Waals surface area contributed by atoms with E-state index >= 15 is 0 Å². The number of ether oxygens (including phenoxy) is 2. The molecule has 8 atom stereocenters. The highest BCUT2D eigenvalue weighted by Gasteiger charge is 2.44. The van der Waals surface area contributed by atoms with Crippen LogP contribution in [0.25, 0.3) is 0 Å². The van der Waals surface area contributed by atoms with Gasteiger partial charge < -0.3 is 40.1 Å². The Morgan fingerprint density at radius 2 is 1.21 bits per heavy atom. The fourth-order valence-electron chi connectivity index (χ4n) is 3.48. The number of rotatable bonds is 4. The molecule has 34 heavy (non-hydrogen) atoms. The number of nitrogens with one attached hydrogen (secondary N) is 2. The summed E-state index contributed by atoms with van der Waals surface area (Å²) in [5.74, 6) is 0. The van der Waals surface area contributed by atoms with Gasteiger partial charge in [0.15, 0.2) is 12.5 Å². The second kappa shape index (κ2) is 10.8. The van der Waals surface area contributed by atoms with E-state index in [9.17, 15) is 34.8 Å². The van der Waals surface area contributed by atoms with Crippen LogP contribution in [0.4, 0.5) is 0 Å². The van der Waals surface area contributed by atoms with Gasteiger partial charge in [-0.05, 0) is 6.07 Å². The maximum atomic E-state index is 11.6. The van der Waals surface area contributed by atoms with Gasteiger partial charge in [0.25, 0.3) is 5.56 Å². The number of hydrogen-bond acceptors (Lipinski definition) is 12. The summed E-state index contributed by atoms with van der Waals surface area (Å²) in [6.45, 7) is -0.918. The molecule has 2 aliphatic rings. The molecule has 0 unspecified atom stereocenters. The average Bonchev–Trinajstić information content (AvgIpc) is 3.24. The predicted molar refractivity (Wildman–Crippen MR) is 113 cm³/mol. The minimum absolute atomic E-state index is 0.262. The molecule has 4 rings (SSSR count). The minimum Gasteiger partial charge on any atom is -0.394 e. The quantitative estimate of drug-likeness (QED) is 0.185. The number of aromatic amines is 2. The van der Waals surface area contributed by atoms with Crippen molar-refractivity contribution in [1.29, 1.82) is 0 Å². The molecule has 188 valence electrons. The second-order valence-corrected chi connectivity index (χ2v) is 7.93. The molecule has 4 heterocycles. The van der Waals surface area contributed by atoms with Gasteiger partial charge in [-0.3, -0.25) is 23.9 Å². The summed E-state index contributed by atoms with van der Waals surface area (Å²) in [6, 6.07) is 2.56. The van der Waals surface area contributed by atoms with Gasteiger partial charge in [-0.15, -0.1) is 0 Å². The van der Waals surface area contributed by atoms with Gasteiger partial charge in [0.05, 0.1) is 13.2 Å². The average molecular weight is 504 g/mol. The Morgan fingerprint density at radius 1 is 0.765 bits per heavy atom. The summed E-state index contributed by atoms with van der Waals surface area (Å²) >= 11 is 4.77. The molecule has 8 N–H and O–H groups in total. The second-order valence-electron chi connectivity index (χ2n) is 7.49. The summed E-state index contributed by atoms with van der Waals surface area (Å²) < 4.78 is 12.6. The lowest BCUT2D eigenvalue weighted by Gasteiger charge is -2.16. The fourth-order valence-corrected chi connectivity index (χ4v) is 3.62. The van der Waals surface area contributed by atoms with Crippen molar-refractivity contribution >= 4 is 12.2 Å². The van der Waals surface area contributed by atoms with Crippen LogP contribution in [0.2, 0.25) is 0 Å². The van der Waals surface area contributed by atoms with E-state index < -0.39 is 79.2 Å². The number of H-pyrrole nitrogens is 2. The Bertz CT molecular complexity index is 1120. The number of aliphatic hydroxyl groups excluding tert-OH is 6. The maximum absolute atomic E-state index is 11.6. The van der Waals surface area contributed by atoms with E-state index in [0.29, 0.717) is 0 Å². The number of aromatic nitrogens is 4. The normalized spacial score (nSPS) is 32.9. The van der Waals surface area contributed by atoms with E-state index in [0.717, 1.165) is 21.4 Å². The first-order valence-electron chi connectivity index (χ1n) is 9.97. The number of hydrogen-bond donors (Lipinski definition) is 8. The summed E-state index contributed by atoms with van der Waals surface area (Å²) in [6.07, 6.45) is -6.69. The van der Waals surface area contributed by atoms with E-state index in [1.807, 2.05) is 4.98 Å². The van der Waals surface area contributed by atoms with Crippen molar-refractivity contribution in [2.45, 2.75) is 49.1 Å². The zero-order valence-corrected chi connectivity index (χ0v) is 18.2. The van der Waals surface area contributed by atoms with E-state index in [2.05, 4.69) is 4.98 Å². The van der Waals surface area contributed by atoms with Gasteiger partial charge in [-0.1, -0.05) is 12.2 Å². The van der Waals surface area contributed by atoms with Gasteiger partial charge in [0.2, 0.25) is 0 Å². The van der Waals surface area contributed by atoms with Crippen LogP contribution in [0.3, 0.4) is 0 Å². The number of aliphatic hydroxyl groups is 6. The SMILES string of the molecule is O=c1[nH]c(=S)ccn1[C@@H]1O[C@H](CO)[C@@H](O)[C@H]1O.O=c1ccn([C@@H]2O[C@H](CO)[C@@H](O)[C@H]2O)c(=O)[nH]1. The Kier molecular flexibility index (Phi) is 8.29. The van der Waals surface area contributed by atoms with Crippen LogP contribution in [0.5, 0.6) is 0 Å². The molecule has 2 saturated heterocycles. The molecule has 15 nitrogen and oxygen atoms in total. The van der Waals surface area contributed by atoms with Crippen LogP contribution in [-0.2, 0) is 9.47 Å². The Balaban J connectivity index is 0.000000191. The topological polar surface area (TPSA) is 232 Å². The lowest BCUT2D eigenvalue weighted by molar-refractivity contribution is -0.0550. The number of nitrogens with zero attached hydrogens (tertiary/aromatic N) is 2. The molecule has 2 fully saturated rings. The van der Waals surface area contributed by atoms with E-state index in [4.69, 9.17) is 31.9 Å². The predicted octanol–water partition coefficient (Wildman–Crippen LogP) is -4.33. The lowest BCUT2D eigenvalue weighted by Crippen LogP contribution is -2.37. The third-order valence-corrected chi connectivity index (χ3v) is 5.52. The molecular formula is C18H24N4O11S. The first-order valence-corrected chi connectivity index (χ1v) is 10.4. The maximum Gasteiger partial charge on any atom is 0.330 e. The molecule has 16 heteroatoms. The van der Waals surface area contributed by atoms with Gasteiger partial charge >= 0.3 is 11.4 Å². The molecule has 0 spiro atoms. The van der Waals surface area contributed by atoms with E-state index in [1.54, 1.807) is 0 Å². The van der Waals surface area contributed by atoms with Gasteiger partial charge in [-0.25, -0.2) is 9.59 Å². The molecule has 0 radical (unpaired) electrons. The Hall–Kier alpha value is -2.54. The molecular weight excluding hydrogens is 480 g/mol. The third kappa shape index (κ3) is 5.24. The molecule has 2 aromatic heterocycles. The highest BCUT2D eigenvalue weighted by molar-refractivity contribution is 7.71. The van der Waals surface area contributed by atoms with E-state index in [1.165, 1.54) is 12.3 Å². The van der Waals surface area contributed by atoms with Crippen LogP contribution in [-0.4, -0.2) is 99.6 Å². The zero-order valence-electron chi connectivity index (χ0n) is 17.4. The summed E-state index contributed by atoms with van der Waals surface area (Å²) in [7, 11) is 0. The van der Waals surface area contributed by atoms with Crippen LogP contribution < -0.4 is 16.9 Å². The van der Waals surface area contributed by atoms with Crippen LogP contribution in [0.1, 0.15) is 12.5 Å². The summed E-state index contributed by atoms with van der Waals surface area (Å²) in [4.78, 5) is 38.3. The Morgan fingerprint density at radius 3 is 1.59 bits per heavy atom. The highest BCUT2D eigenvalue weighted by Crippen LogP contribution is 2.28. The molecule has 2 aromatic rings. The van der Waals surface area contributed by atoms with Gasteiger partial charge in [0.1, 0.15) is 41.3 Å².